The van der Waals surface area contributed by atoms with E-state index in [2.05, 4.69) is 12.1 Å². The minimum absolute atomic E-state index is 0.228. The third-order valence-electron chi connectivity index (χ3n) is 3.03. The minimum Gasteiger partial charge on any atom is -0.444 e. The fourth-order valence-corrected chi connectivity index (χ4v) is 1.92. The highest BCUT2D eigenvalue weighted by molar-refractivity contribution is 5.68. The van der Waals surface area contributed by atoms with Crippen molar-refractivity contribution in [2.45, 2.75) is 45.6 Å². The Morgan fingerprint density at radius 2 is 1.89 bits per heavy atom. The molecule has 0 aliphatic carbocycles. The summed E-state index contributed by atoms with van der Waals surface area (Å²) in [6, 6.07) is 4.28. The van der Waals surface area contributed by atoms with Gasteiger partial charge in [0.15, 0.2) is 0 Å². The molecule has 0 N–H and O–H groups in total. The van der Waals surface area contributed by atoms with Gasteiger partial charge in [-0.15, -0.1) is 0 Å². The van der Waals surface area contributed by atoms with Gasteiger partial charge in [0.1, 0.15) is 5.60 Å². The van der Waals surface area contributed by atoms with E-state index in [0.29, 0.717) is 25.9 Å². The Morgan fingerprint density at radius 1 is 1.33 bits per heavy atom. The van der Waals surface area contributed by atoms with E-state index in [1.54, 1.807) is 4.90 Å². The first-order valence-corrected chi connectivity index (χ1v) is 6.08. The molecule has 1 saturated heterocycles. The zero-order valence-electron chi connectivity index (χ0n) is 11.2. The SMILES string of the molecule is CC(C)(C)OC(=O)N1CCC(C#N)(CC#N)CC1. The molecule has 98 valence electrons. The molecule has 0 aromatic rings. The second kappa shape index (κ2) is 5.27. The maximum Gasteiger partial charge on any atom is 0.410 e. The molecule has 0 radical (unpaired) electrons. The zero-order valence-corrected chi connectivity index (χ0v) is 11.2. The number of hydrogen-bond donors (Lipinski definition) is 0. The summed E-state index contributed by atoms with van der Waals surface area (Å²) < 4.78 is 5.28. The van der Waals surface area contributed by atoms with Gasteiger partial charge in [-0.3, -0.25) is 0 Å². The second-order valence-electron chi connectivity index (χ2n) is 5.69. The Bertz CT molecular complexity index is 390. The van der Waals surface area contributed by atoms with E-state index in [0.717, 1.165) is 0 Å². The van der Waals surface area contributed by atoms with Gasteiger partial charge in [0.2, 0.25) is 0 Å². The van der Waals surface area contributed by atoms with Gasteiger partial charge in [0.25, 0.3) is 0 Å². The van der Waals surface area contributed by atoms with Gasteiger partial charge in [0.05, 0.1) is 24.0 Å². The lowest BCUT2D eigenvalue weighted by Crippen LogP contribution is -2.44. The number of likely N-dealkylation sites (tertiary alicyclic amines) is 1. The third-order valence-corrected chi connectivity index (χ3v) is 3.03. The summed E-state index contributed by atoms with van der Waals surface area (Å²) in [4.78, 5) is 13.4. The standard InChI is InChI=1S/C13H19N3O2/c1-12(2,3)18-11(17)16-8-5-13(10-15,4-7-14)6-9-16/h4-6,8-9H2,1-3H3. The summed E-state index contributed by atoms with van der Waals surface area (Å²) in [5.41, 5.74) is -1.10. The highest BCUT2D eigenvalue weighted by Crippen LogP contribution is 2.34. The highest BCUT2D eigenvalue weighted by Gasteiger charge is 2.37. The summed E-state index contributed by atoms with van der Waals surface area (Å²) >= 11 is 0. The molecule has 1 heterocycles. The van der Waals surface area contributed by atoms with Gasteiger partial charge >= 0.3 is 6.09 Å². The van der Waals surface area contributed by atoms with Crippen LogP contribution in [0.25, 0.3) is 0 Å². The maximum absolute atomic E-state index is 11.8. The van der Waals surface area contributed by atoms with Crippen molar-refractivity contribution in [2.24, 2.45) is 5.41 Å². The molecule has 1 rings (SSSR count). The number of rotatable bonds is 1. The van der Waals surface area contributed by atoms with Crippen molar-refractivity contribution in [3.63, 3.8) is 0 Å². The fourth-order valence-electron chi connectivity index (χ4n) is 1.92. The van der Waals surface area contributed by atoms with Gasteiger partial charge in [-0.1, -0.05) is 0 Å². The van der Waals surface area contributed by atoms with Crippen LogP contribution in [0.2, 0.25) is 0 Å². The molecular weight excluding hydrogens is 230 g/mol. The Labute approximate surface area is 108 Å². The van der Waals surface area contributed by atoms with Crippen molar-refractivity contribution in [1.29, 1.82) is 10.5 Å². The molecule has 18 heavy (non-hydrogen) atoms. The first-order chi connectivity index (χ1) is 8.32. The van der Waals surface area contributed by atoms with Gasteiger partial charge in [-0.05, 0) is 33.6 Å². The van der Waals surface area contributed by atoms with E-state index in [4.69, 9.17) is 15.3 Å². The lowest BCUT2D eigenvalue weighted by atomic mass is 9.77. The molecule has 0 atom stereocenters. The molecule has 1 aliphatic heterocycles. The van der Waals surface area contributed by atoms with Crippen molar-refractivity contribution in [1.82, 2.24) is 4.90 Å². The van der Waals surface area contributed by atoms with Crippen molar-refractivity contribution in [3.8, 4) is 12.1 Å². The number of nitrogens with zero attached hydrogens (tertiary/aromatic N) is 3. The summed E-state index contributed by atoms with van der Waals surface area (Å²) in [7, 11) is 0. The van der Waals surface area contributed by atoms with Crippen molar-refractivity contribution >= 4 is 6.09 Å². The summed E-state index contributed by atoms with van der Waals surface area (Å²) in [6.45, 7) is 6.42. The Kier molecular flexibility index (Phi) is 4.19. The molecule has 0 aromatic carbocycles. The van der Waals surface area contributed by atoms with Crippen LogP contribution in [-0.4, -0.2) is 29.7 Å². The van der Waals surface area contributed by atoms with Crippen molar-refractivity contribution < 1.29 is 9.53 Å². The lowest BCUT2D eigenvalue weighted by Gasteiger charge is -2.36. The largest absolute Gasteiger partial charge is 0.444 e. The van der Waals surface area contributed by atoms with Gasteiger partial charge in [0, 0.05) is 13.1 Å². The molecule has 0 unspecified atom stereocenters. The van der Waals surface area contributed by atoms with Crippen LogP contribution in [0, 0.1) is 28.1 Å². The minimum atomic E-state index is -0.590. The molecule has 5 nitrogen and oxygen atoms in total. The number of amides is 1. The van der Waals surface area contributed by atoms with Crippen LogP contribution < -0.4 is 0 Å². The molecule has 1 amide bonds. The van der Waals surface area contributed by atoms with Gasteiger partial charge in [-0.2, -0.15) is 10.5 Å². The van der Waals surface area contributed by atoms with Crippen LogP contribution >= 0.6 is 0 Å². The zero-order chi connectivity index (χ0) is 13.8. The first kappa shape index (κ1) is 14.3. The van der Waals surface area contributed by atoms with E-state index in [1.807, 2.05) is 20.8 Å². The Hall–Kier alpha value is -1.75. The molecule has 0 saturated carbocycles. The maximum atomic E-state index is 11.8. The van der Waals surface area contributed by atoms with E-state index >= 15 is 0 Å². The van der Waals surface area contributed by atoms with Crippen molar-refractivity contribution in [3.05, 3.63) is 0 Å². The van der Waals surface area contributed by atoms with E-state index in [1.165, 1.54) is 0 Å². The smallest absolute Gasteiger partial charge is 0.410 e. The Morgan fingerprint density at radius 3 is 2.28 bits per heavy atom. The topological polar surface area (TPSA) is 77.1 Å². The highest BCUT2D eigenvalue weighted by atomic mass is 16.6. The summed E-state index contributed by atoms with van der Waals surface area (Å²) in [5.74, 6) is 0. The van der Waals surface area contributed by atoms with Crippen LogP contribution in [0.4, 0.5) is 4.79 Å². The third kappa shape index (κ3) is 3.63. The molecule has 0 aromatic heterocycles. The predicted molar refractivity (Wildman–Crippen MR) is 65.3 cm³/mol. The summed E-state index contributed by atoms with van der Waals surface area (Å²) in [6.07, 6.45) is 0.962. The molecule has 5 heteroatoms. The van der Waals surface area contributed by atoms with Crippen LogP contribution in [0.3, 0.4) is 0 Å². The molecular formula is C13H19N3O2. The normalized spacial score (nSPS) is 18.6. The first-order valence-electron chi connectivity index (χ1n) is 6.08. The van der Waals surface area contributed by atoms with Crippen molar-refractivity contribution in [2.75, 3.05) is 13.1 Å². The van der Waals surface area contributed by atoms with Crippen LogP contribution in [0.5, 0.6) is 0 Å². The van der Waals surface area contributed by atoms with Gasteiger partial charge in [-0.25, -0.2) is 4.79 Å². The predicted octanol–water partition coefficient (Wildman–Crippen LogP) is 2.44. The number of nitriles is 2. The number of piperidine rings is 1. The van der Waals surface area contributed by atoms with E-state index in [-0.39, 0.29) is 12.5 Å². The lowest BCUT2D eigenvalue weighted by molar-refractivity contribution is 0.0151. The Balaban J connectivity index is 2.57. The fraction of sp³-hybridized carbons (Fsp3) is 0.769. The average molecular weight is 249 g/mol. The van der Waals surface area contributed by atoms with Crippen LogP contribution in [-0.2, 0) is 4.74 Å². The number of carbonyl (C=O) groups excluding carboxylic acids is 1. The van der Waals surface area contributed by atoms with E-state index < -0.39 is 11.0 Å². The van der Waals surface area contributed by atoms with Crippen LogP contribution in [0.15, 0.2) is 0 Å². The van der Waals surface area contributed by atoms with Crippen LogP contribution in [0.1, 0.15) is 40.0 Å². The van der Waals surface area contributed by atoms with Gasteiger partial charge < -0.3 is 9.64 Å². The summed E-state index contributed by atoms with van der Waals surface area (Å²) in [5, 5.41) is 17.9. The second-order valence-corrected chi connectivity index (χ2v) is 5.69. The molecule has 1 fully saturated rings. The molecule has 1 aliphatic rings. The number of hydrogen-bond acceptors (Lipinski definition) is 4. The average Bonchev–Trinajstić information content (AvgIpc) is 2.28. The molecule has 0 bridgehead atoms. The number of carbonyl (C=O) groups is 1. The van der Waals surface area contributed by atoms with E-state index in [9.17, 15) is 4.79 Å². The monoisotopic (exact) mass is 249 g/mol. The quantitative estimate of drug-likeness (QED) is 0.715. The molecule has 0 spiro atoms. The number of ether oxygens (including phenoxy) is 1.